The number of carboxylic acids is 1. The van der Waals surface area contributed by atoms with E-state index in [-0.39, 0.29) is 24.4 Å². The molecule has 2 fully saturated rings. The second-order valence-electron chi connectivity index (χ2n) is 7.83. The number of dihydropyridines is 1. The van der Waals surface area contributed by atoms with E-state index in [0.717, 1.165) is 44.2 Å². The van der Waals surface area contributed by atoms with E-state index in [1.165, 1.54) is 19.3 Å². The molecule has 2 unspecified atom stereocenters. The Kier molecular flexibility index (Phi) is 7.07. The number of amides is 1. The summed E-state index contributed by atoms with van der Waals surface area (Å²) in [6, 6.07) is 0.0364. The van der Waals surface area contributed by atoms with Crippen molar-refractivity contribution in [3.05, 3.63) is 23.9 Å². The molecule has 2 aliphatic carbocycles. The van der Waals surface area contributed by atoms with Gasteiger partial charge in [0.2, 0.25) is 0 Å². The van der Waals surface area contributed by atoms with E-state index in [0.29, 0.717) is 18.2 Å². The minimum atomic E-state index is -0.886. The highest BCUT2D eigenvalue weighted by atomic mass is 16.4. The van der Waals surface area contributed by atoms with Gasteiger partial charge in [0.15, 0.2) is 0 Å². The van der Waals surface area contributed by atoms with Crippen LogP contribution in [0.15, 0.2) is 28.9 Å². The molecule has 0 saturated heterocycles. The minimum absolute atomic E-state index is 0.0364. The fraction of sp³-hybridized carbons (Fsp3) is 0.667. The van der Waals surface area contributed by atoms with Crippen LogP contribution in [0.4, 0.5) is 0 Å². The van der Waals surface area contributed by atoms with E-state index in [1.54, 1.807) is 6.08 Å². The van der Waals surface area contributed by atoms with Crippen LogP contribution in [0.25, 0.3) is 0 Å². The molecule has 6 nitrogen and oxygen atoms in total. The van der Waals surface area contributed by atoms with Crippen molar-refractivity contribution in [2.45, 2.75) is 63.8 Å². The molecule has 0 spiro atoms. The van der Waals surface area contributed by atoms with Crippen LogP contribution in [0, 0.1) is 11.8 Å². The standard InChI is InChI=1S/C21H31N3O3/c25-19(26)14-23-20(15-8-2-1-3-9-15)16-10-4-5-11-17(16)24-21(27)18-12-6-7-13-22-18/h6-7,12,15-17,22H,1-5,8-11,13-14H2,(H,24,27)(H,25,26). The first-order valence-corrected chi connectivity index (χ1v) is 10.3. The summed E-state index contributed by atoms with van der Waals surface area (Å²) in [6.07, 6.45) is 15.6. The molecule has 148 valence electrons. The maximum atomic E-state index is 12.7. The summed E-state index contributed by atoms with van der Waals surface area (Å²) in [5.74, 6) is -0.430. The topological polar surface area (TPSA) is 90.8 Å². The highest BCUT2D eigenvalue weighted by molar-refractivity contribution is 5.95. The predicted octanol–water partition coefficient (Wildman–Crippen LogP) is 2.81. The monoisotopic (exact) mass is 373 g/mol. The highest BCUT2D eigenvalue weighted by Crippen LogP contribution is 2.34. The van der Waals surface area contributed by atoms with E-state index in [9.17, 15) is 9.59 Å². The van der Waals surface area contributed by atoms with Gasteiger partial charge in [-0.05, 0) is 37.7 Å². The predicted molar refractivity (Wildman–Crippen MR) is 106 cm³/mol. The van der Waals surface area contributed by atoms with Gasteiger partial charge in [-0.3, -0.25) is 14.6 Å². The number of nitrogens with zero attached hydrogens (tertiary/aromatic N) is 1. The van der Waals surface area contributed by atoms with Gasteiger partial charge in [-0.15, -0.1) is 0 Å². The van der Waals surface area contributed by atoms with Gasteiger partial charge >= 0.3 is 5.97 Å². The maximum absolute atomic E-state index is 12.7. The number of carboxylic acid groups (broad SMARTS) is 1. The quantitative estimate of drug-likeness (QED) is 0.625. The van der Waals surface area contributed by atoms with Crippen LogP contribution >= 0.6 is 0 Å². The summed E-state index contributed by atoms with van der Waals surface area (Å²) in [5.41, 5.74) is 1.65. The normalized spacial score (nSPS) is 26.8. The van der Waals surface area contributed by atoms with Crippen LogP contribution in [0.5, 0.6) is 0 Å². The second kappa shape index (κ2) is 9.72. The number of carbonyl (C=O) groups excluding carboxylic acids is 1. The summed E-state index contributed by atoms with van der Waals surface area (Å²) >= 11 is 0. The molecule has 0 aromatic heterocycles. The molecule has 0 aromatic carbocycles. The number of nitrogens with one attached hydrogen (secondary N) is 2. The average Bonchev–Trinajstić information content (AvgIpc) is 2.70. The number of aliphatic carboxylic acids is 1. The molecular formula is C21H31N3O3. The van der Waals surface area contributed by atoms with Gasteiger partial charge in [-0.25, -0.2) is 0 Å². The third kappa shape index (κ3) is 5.44. The van der Waals surface area contributed by atoms with Crippen molar-refractivity contribution in [2.75, 3.05) is 13.1 Å². The molecule has 1 heterocycles. The molecule has 0 aromatic rings. The van der Waals surface area contributed by atoms with E-state index in [4.69, 9.17) is 5.11 Å². The van der Waals surface area contributed by atoms with Crippen molar-refractivity contribution in [1.29, 1.82) is 0 Å². The van der Waals surface area contributed by atoms with Crippen LogP contribution in [-0.4, -0.2) is 41.8 Å². The second-order valence-corrected chi connectivity index (χ2v) is 7.83. The summed E-state index contributed by atoms with van der Waals surface area (Å²) in [6.45, 7) is 0.501. The largest absolute Gasteiger partial charge is 0.480 e. The summed E-state index contributed by atoms with van der Waals surface area (Å²) in [7, 11) is 0. The summed E-state index contributed by atoms with van der Waals surface area (Å²) in [5, 5.41) is 15.5. The Morgan fingerprint density at radius 1 is 1.11 bits per heavy atom. The molecule has 6 heteroatoms. The lowest BCUT2D eigenvalue weighted by Crippen LogP contribution is -2.48. The Morgan fingerprint density at radius 3 is 2.56 bits per heavy atom. The number of allylic oxidation sites excluding steroid dienone is 2. The zero-order valence-electron chi connectivity index (χ0n) is 16.0. The fourth-order valence-electron chi connectivity index (χ4n) is 4.63. The van der Waals surface area contributed by atoms with Crippen molar-refractivity contribution in [3.63, 3.8) is 0 Å². The molecule has 1 amide bonds. The lowest BCUT2D eigenvalue weighted by Gasteiger charge is -2.37. The minimum Gasteiger partial charge on any atom is -0.480 e. The lowest BCUT2D eigenvalue weighted by atomic mass is 9.73. The Hall–Kier alpha value is -2.11. The third-order valence-corrected chi connectivity index (χ3v) is 5.94. The smallest absolute Gasteiger partial charge is 0.325 e. The third-order valence-electron chi connectivity index (χ3n) is 5.94. The SMILES string of the molecule is O=C(O)CN=C(C1CCCCC1)C1CCCCC1NC(=O)C1=CC=CCN1. The number of aliphatic imine (C=N–C) groups is 1. The van der Waals surface area contributed by atoms with Crippen molar-refractivity contribution < 1.29 is 14.7 Å². The van der Waals surface area contributed by atoms with Crippen molar-refractivity contribution >= 4 is 17.6 Å². The van der Waals surface area contributed by atoms with Gasteiger partial charge in [0.1, 0.15) is 12.2 Å². The number of rotatable bonds is 6. The fourth-order valence-corrected chi connectivity index (χ4v) is 4.63. The maximum Gasteiger partial charge on any atom is 0.325 e. The summed E-state index contributed by atoms with van der Waals surface area (Å²) < 4.78 is 0. The highest BCUT2D eigenvalue weighted by Gasteiger charge is 2.34. The van der Waals surface area contributed by atoms with Gasteiger partial charge in [-0.1, -0.05) is 44.3 Å². The van der Waals surface area contributed by atoms with Crippen LogP contribution in [0.1, 0.15) is 57.8 Å². The van der Waals surface area contributed by atoms with Gasteiger partial charge in [-0.2, -0.15) is 0 Å². The number of carbonyl (C=O) groups is 2. The molecule has 0 radical (unpaired) electrons. The molecular weight excluding hydrogens is 342 g/mol. The van der Waals surface area contributed by atoms with E-state index in [2.05, 4.69) is 15.6 Å². The van der Waals surface area contributed by atoms with Crippen molar-refractivity contribution in [1.82, 2.24) is 10.6 Å². The zero-order chi connectivity index (χ0) is 19.1. The lowest BCUT2D eigenvalue weighted by molar-refractivity contribution is -0.135. The average molecular weight is 373 g/mol. The van der Waals surface area contributed by atoms with Gasteiger partial charge < -0.3 is 15.7 Å². The van der Waals surface area contributed by atoms with Gasteiger partial charge in [0.25, 0.3) is 5.91 Å². The number of hydrogen-bond acceptors (Lipinski definition) is 4. The first kappa shape index (κ1) is 19.6. The first-order valence-electron chi connectivity index (χ1n) is 10.3. The molecule has 3 N–H and O–H groups in total. The van der Waals surface area contributed by atoms with Gasteiger partial charge in [0, 0.05) is 24.2 Å². The first-order chi connectivity index (χ1) is 13.1. The Bertz CT molecular complexity index is 633. The van der Waals surface area contributed by atoms with Crippen LogP contribution in [0.3, 0.4) is 0 Å². The number of hydrogen-bond donors (Lipinski definition) is 3. The van der Waals surface area contributed by atoms with Crippen LogP contribution in [-0.2, 0) is 9.59 Å². The molecule has 3 rings (SSSR count). The van der Waals surface area contributed by atoms with E-state index >= 15 is 0 Å². The van der Waals surface area contributed by atoms with E-state index in [1.807, 2.05) is 12.2 Å². The van der Waals surface area contributed by atoms with Gasteiger partial charge in [0.05, 0.1) is 0 Å². The molecule has 3 aliphatic rings. The molecule has 27 heavy (non-hydrogen) atoms. The Balaban J connectivity index is 1.76. The van der Waals surface area contributed by atoms with Crippen molar-refractivity contribution in [3.8, 4) is 0 Å². The molecule has 0 bridgehead atoms. The van der Waals surface area contributed by atoms with Crippen LogP contribution < -0.4 is 10.6 Å². The summed E-state index contributed by atoms with van der Waals surface area (Å²) in [4.78, 5) is 28.4. The zero-order valence-corrected chi connectivity index (χ0v) is 16.0. The molecule has 1 aliphatic heterocycles. The molecule has 2 saturated carbocycles. The van der Waals surface area contributed by atoms with Crippen LogP contribution in [0.2, 0.25) is 0 Å². The van der Waals surface area contributed by atoms with Crippen molar-refractivity contribution in [2.24, 2.45) is 16.8 Å². The van der Waals surface area contributed by atoms with E-state index < -0.39 is 5.97 Å². The Morgan fingerprint density at radius 2 is 1.85 bits per heavy atom. The Labute approximate surface area is 161 Å². The molecule has 2 atom stereocenters.